The molecule has 0 heterocycles. The van der Waals surface area contributed by atoms with E-state index < -0.39 is 0 Å². The summed E-state index contributed by atoms with van der Waals surface area (Å²) in [4.78, 5) is 0. The summed E-state index contributed by atoms with van der Waals surface area (Å²) in [6.45, 7) is 11.5. The Labute approximate surface area is 117 Å². The molecule has 108 valence electrons. The zero-order chi connectivity index (χ0) is 14.1. The smallest absolute Gasteiger partial charge is 0.126 e. The lowest BCUT2D eigenvalue weighted by Gasteiger charge is -2.16. The SMILES string of the molecule is CCOCCCOc1c(C)cccc1CNC(C)C. The maximum Gasteiger partial charge on any atom is 0.126 e. The standard InChI is InChI=1S/C16H27NO2/c1-5-18-10-7-11-19-16-14(4)8-6-9-15(16)12-17-13(2)3/h6,8-9,13,17H,5,7,10-12H2,1-4H3. The van der Waals surface area contributed by atoms with Gasteiger partial charge in [-0.25, -0.2) is 0 Å². The number of ether oxygens (including phenoxy) is 2. The fourth-order valence-electron chi connectivity index (χ4n) is 1.85. The van der Waals surface area contributed by atoms with Crippen molar-refractivity contribution in [3.63, 3.8) is 0 Å². The van der Waals surface area contributed by atoms with Crippen molar-refractivity contribution in [3.8, 4) is 5.75 Å². The summed E-state index contributed by atoms with van der Waals surface area (Å²) in [6, 6.07) is 6.78. The highest BCUT2D eigenvalue weighted by molar-refractivity contribution is 5.40. The van der Waals surface area contributed by atoms with Crippen LogP contribution in [-0.2, 0) is 11.3 Å². The number of aryl methyl sites for hydroxylation is 1. The number of nitrogens with one attached hydrogen (secondary N) is 1. The predicted octanol–water partition coefficient (Wildman–Crippen LogP) is 3.30. The van der Waals surface area contributed by atoms with Crippen molar-refractivity contribution in [2.45, 2.75) is 46.7 Å². The van der Waals surface area contributed by atoms with Crippen LogP contribution in [0.25, 0.3) is 0 Å². The molecule has 0 atom stereocenters. The Morgan fingerprint density at radius 2 is 2.00 bits per heavy atom. The second-order valence-corrected chi connectivity index (χ2v) is 5.00. The van der Waals surface area contributed by atoms with Gasteiger partial charge in [0.25, 0.3) is 0 Å². The van der Waals surface area contributed by atoms with Crippen molar-refractivity contribution in [2.24, 2.45) is 0 Å². The summed E-state index contributed by atoms with van der Waals surface area (Å²) >= 11 is 0. The summed E-state index contributed by atoms with van der Waals surface area (Å²) < 4.78 is 11.2. The summed E-state index contributed by atoms with van der Waals surface area (Å²) in [5.41, 5.74) is 2.42. The van der Waals surface area contributed by atoms with E-state index >= 15 is 0 Å². The number of para-hydroxylation sites is 1. The van der Waals surface area contributed by atoms with Gasteiger partial charge in [0.15, 0.2) is 0 Å². The van der Waals surface area contributed by atoms with Crippen LogP contribution in [0.1, 0.15) is 38.3 Å². The molecular weight excluding hydrogens is 238 g/mol. The first-order valence-electron chi connectivity index (χ1n) is 7.17. The lowest BCUT2D eigenvalue weighted by Crippen LogP contribution is -2.22. The van der Waals surface area contributed by atoms with E-state index in [9.17, 15) is 0 Å². The molecule has 0 aromatic heterocycles. The Kier molecular flexibility index (Phi) is 7.53. The highest BCUT2D eigenvalue weighted by atomic mass is 16.5. The Morgan fingerprint density at radius 3 is 2.68 bits per heavy atom. The van der Waals surface area contributed by atoms with Gasteiger partial charge in [0.1, 0.15) is 5.75 Å². The first-order chi connectivity index (χ1) is 9.15. The van der Waals surface area contributed by atoms with E-state index in [0.717, 1.165) is 31.9 Å². The molecule has 0 unspecified atom stereocenters. The normalized spacial score (nSPS) is 11.0. The second kappa shape index (κ2) is 8.94. The molecule has 0 fully saturated rings. The van der Waals surface area contributed by atoms with Crippen LogP contribution in [0.15, 0.2) is 18.2 Å². The van der Waals surface area contributed by atoms with E-state index in [1.807, 2.05) is 6.92 Å². The summed E-state index contributed by atoms with van der Waals surface area (Å²) in [6.07, 6.45) is 0.930. The largest absolute Gasteiger partial charge is 0.493 e. The van der Waals surface area contributed by atoms with Crippen LogP contribution in [0.3, 0.4) is 0 Å². The minimum atomic E-state index is 0.478. The fourth-order valence-corrected chi connectivity index (χ4v) is 1.85. The average Bonchev–Trinajstić information content (AvgIpc) is 2.38. The van der Waals surface area contributed by atoms with Gasteiger partial charge in [0.2, 0.25) is 0 Å². The molecule has 0 saturated carbocycles. The van der Waals surface area contributed by atoms with Gasteiger partial charge >= 0.3 is 0 Å². The van der Waals surface area contributed by atoms with Crippen LogP contribution in [0.5, 0.6) is 5.75 Å². The van der Waals surface area contributed by atoms with Crippen molar-refractivity contribution in [2.75, 3.05) is 19.8 Å². The summed E-state index contributed by atoms with van der Waals surface area (Å²) in [5.74, 6) is 1.02. The van der Waals surface area contributed by atoms with Gasteiger partial charge in [0.05, 0.1) is 6.61 Å². The van der Waals surface area contributed by atoms with Crippen LogP contribution in [0.4, 0.5) is 0 Å². The molecule has 0 aliphatic carbocycles. The van der Waals surface area contributed by atoms with Crippen molar-refractivity contribution >= 4 is 0 Å². The third-order valence-electron chi connectivity index (χ3n) is 2.88. The van der Waals surface area contributed by atoms with E-state index in [2.05, 4.69) is 44.3 Å². The molecule has 19 heavy (non-hydrogen) atoms. The maximum absolute atomic E-state index is 5.93. The van der Waals surface area contributed by atoms with Crippen molar-refractivity contribution in [1.29, 1.82) is 0 Å². The van der Waals surface area contributed by atoms with Crippen molar-refractivity contribution < 1.29 is 9.47 Å². The Morgan fingerprint density at radius 1 is 1.21 bits per heavy atom. The first kappa shape index (κ1) is 16.0. The minimum Gasteiger partial charge on any atom is -0.493 e. The lowest BCUT2D eigenvalue weighted by atomic mass is 10.1. The molecule has 3 heteroatoms. The van der Waals surface area contributed by atoms with Crippen LogP contribution >= 0.6 is 0 Å². The summed E-state index contributed by atoms with van der Waals surface area (Å²) in [7, 11) is 0. The monoisotopic (exact) mass is 265 g/mol. The molecule has 3 nitrogen and oxygen atoms in total. The molecular formula is C16H27NO2. The highest BCUT2D eigenvalue weighted by Gasteiger charge is 2.07. The molecule has 0 aliphatic heterocycles. The van der Waals surface area contributed by atoms with E-state index in [4.69, 9.17) is 9.47 Å². The van der Waals surface area contributed by atoms with E-state index in [0.29, 0.717) is 12.6 Å². The van der Waals surface area contributed by atoms with Gasteiger partial charge in [-0.2, -0.15) is 0 Å². The quantitative estimate of drug-likeness (QED) is 0.695. The molecule has 0 spiro atoms. The van der Waals surface area contributed by atoms with E-state index in [1.165, 1.54) is 11.1 Å². The van der Waals surface area contributed by atoms with Gasteiger partial charge in [-0.1, -0.05) is 32.0 Å². The average molecular weight is 265 g/mol. The second-order valence-electron chi connectivity index (χ2n) is 5.00. The molecule has 0 bridgehead atoms. The van der Waals surface area contributed by atoms with Gasteiger partial charge in [0, 0.05) is 37.8 Å². The topological polar surface area (TPSA) is 30.5 Å². The molecule has 0 amide bonds. The number of rotatable bonds is 9. The summed E-state index contributed by atoms with van der Waals surface area (Å²) in [5, 5.41) is 3.44. The lowest BCUT2D eigenvalue weighted by molar-refractivity contribution is 0.130. The maximum atomic E-state index is 5.93. The Hall–Kier alpha value is -1.06. The van der Waals surface area contributed by atoms with Gasteiger partial charge in [-0.3, -0.25) is 0 Å². The van der Waals surface area contributed by atoms with Gasteiger partial charge in [-0.15, -0.1) is 0 Å². The molecule has 1 N–H and O–H groups in total. The Bertz CT molecular complexity index is 364. The van der Waals surface area contributed by atoms with Gasteiger partial charge < -0.3 is 14.8 Å². The number of hydrogen-bond donors (Lipinski definition) is 1. The molecule has 0 saturated heterocycles. The van der Waals surface area contributed by atoms with Crippen molar-refractivity contribution in [3.05, 3.63) is 29.3 Å². The Balaban J connectivity index is 2.54. The zero-order valence-electron chi connectivity index (χ0n) is 12.7. The van der Waals surface area contributed by atoms with E-state index in [1.54, 1.807) is 0 Å². The highest BCUT2D eigenvalue weighted by Crippen LogP contribution is 2.23. The third-order valence-corrected chi connectivity index (χ3v) is 2.88. The molecule has 1 aromatic rings. The minimum absolute atomic E-state index is 0.478. The van der Waals surface area contributed by atoms with E-state index in [-0.39, 0.29) is 0 Å². The van der Waals surface area contributed by atoms with Crippen LogP contribution in [0.2, 0.25) is 0 Å². The van der Waals surface area contributed by atoms with Crippen molar-refractivity contribution in [1.82, 2.24) is 5.32 Å². The number of benzene rings is 1. The molecule has 0 radical (unpaired) electrons. The molecule has 1 aromatic carbocycles. The van der Waals surface area contributed by atoms with Crippen LogP contribution < -0.4 is 10.1 Å². The fraction of sp³-hybridized carbons (Fsp3) is 0.625. The molecule has 1 rings (SSSR count). The first-order valence-corrected chi connectivity index (χ1v) is 7.17. The predicted molar refractivity (Wildman–Crippen MR) is 79.8 cm³/mol. The van der Waals surface area contributed by atoms with Crippen LogP contribution in [-0.4, -0.2) is 25.9 Å². The van der Waals surface area contributed by atoms with Crippen LogP contribution in [0, 0.1) is 6.92 Å². The number of hydrogen-bond acceptors (Lipinski definition) is 3. The zero-order valence-corrected chi connectivity index (χ0v) is 12.7. The van der Waals surface area contributed by atoms with Gasteiger partial charge in [-0.05, 0) is 19.4 Å². The molecule has 0 aliphatic rings. The third kappa shape index (κ3) is 6.08.